The number of H-pyrrole nitrogens is 1. The van der Waals surface area contributed by atoms with Crippen LogP contribution in [0.3, 0.4) is 0 Å². The van der Waals surface area contributed by atoms with Crippen molar-refractivity contribution >= 4 is 45.0 Å². The molecule has 0 radical (unpaired) electrons. The van der Waals surface area contributed by atoms with Gasteiger partial charge in [0.15, 0.2) is 5.82 Å². The minimum atomic E-state index is -0.561. The molecule has 0 spiro atoms. The first-order chi connectivity index (χ1) is 13.1. The van der Waals surface area contributed by atoms with Crippen LogP contribution >= 0.6 is 11.3 Å². The Morgan fingerprint density at radius 3 is 3.11 bits per heavy atom. The molecule has 1 atom stereocenters. The maximum absolute atomic E-state index is 14.2. The summed E-state index contributed by atoms with van der Waals surface area (Å²) in [5.41, 5.74) is 0.503. The van der Waals surface area contributed by atoms with Crippen molar-refractivity contribution in [1.29, 1.82) is 0 Å². The predicted molar refractivity (Wildman–Crippen MR) is 99.0 cm³/mol. The Labute approximate surface area is 157 Å². The number of carbonyl (C=O) groups excluding carboxylic acids is 2. The van der Waals surface area contributed by atoms with Gasteiger partial charge in [0.1, 0.15) is 10.8 Å². The maximum atomic E-state index is 14.2. The lowest BCUT2D eigenvalue weighted by atomic mass is 10.1. The molecule has 1 aromatic carbocycles. The smallest absolute Gasteiger partial charge is 0.231 e. The van der Waals surface area contributed by atoms with E-state index in [4.69, 9.17) is 0 Å². The van der Waals surface area contributed by atoms with E-state index in [1.165, 1.54) is 22.3 Å². The van der Waals surface area contributed by atoms with Crippen LogP contribution in [0.4, 0.5) is 15.3 Å². The summed E-state index contributed by atoms with van der Waals surface area (Å²) in [5.74, 6) is -1.38. The minimum absolute atomic E-state index is 0.0370. The summed E-state index contributed by atoms with van der Waals surface area (Å²) in [6.07, 6.45) is 1.79. The Kier molecular flexibility index (Phi) is 4.56. The largest absolute Gasteiger partial charge is 0.300 e. The third-order valence-corrected chi connectivity index (χ3v) is 5.33. The van der Waals surface area contributed by atoms with Crippen LogP contribution in [0.15, 0.2) is 18.2 Å². The molecule has 2 N–H and O–H groups in total. The Morgan fingerprint density at radius 2 is 2.30 bits per heavy atom. The van der Waals surface area contributed by atoms with Gasteiger partial charge in [-0.1, -0.05) is 24.3 Å². The number of aromatic amines is 1. The molecular weight excluding hydrogens is 371 g/mol. The van der Waals surface area contributed by atoms with Crippen molar-refractivity contribution in [1.82, 2.24) is 20.4 Å². The molecule has 1 saturated heterocycles. The molecule has 0 aliphatic carbocycles. The van der Waals surface area contributed by atoms with Crippen LogP contribution in [-0.4, -0.2) is 38.8 Å². The number of carbonyl (C=O) groups is 2. The van der Waals surface area contributed by atoms with Gasteiger partial charge in [-0.3, -0.25) is 19.6 Å². The zero-order valence-corrected chi connectivity index (χ0v) is 15.3. The normalized spacial score (nSPS) is 17.0. The Morgan fingerprint density at radius 1 is 1.44 bits per heavy atom. The second-order valence-corrected chi connectivity index (χ2v) is 7.42. The first kappa shape index (κ1) is 17.5. The molecule has 10 heteroatoms. The topological polar surface area (TPSA) is 104 Å². The van der Waals surface area contributed by atoms with Gasteiger partial charge in [0.25, 0.3) is 0 Å². The van der Waals surface area contributed by atoms with Gasteiger partial charge in [-0.15, -0.1) is 10.2 Å². The summed E-state index contributed by atoms with van der Waals surface area (Å²) in [7, 11) is 0. The van der Waals surface area contributed by atoms with Crippen molar-refractivity contribution in [2.75, 3.05) is 16.8 Å². The van der Waals surface area contributed by atoms with Crippen LogP contribution in [0.1, 0.15) is 24.8 Å². The third-order valence-electron chi connectivity index (χ3n) is 4.43. The number of nitrogens with zero attached hydrogens (tertiary/aromatic N) is 4. The van der Waals surface area contributed by atoms with Crippen molar-refractivity contribution in [2.24, 2.45) is 5.92 Å². The number of halogens is 1. The zero-order valence-electron chi connectivity index (χ0n) is 14.5. The Bertz CT molecular complexity index is 1020. The summed E-state index contributed by atoms with van der Waals surface area (Å²) in [6, 6.07) is 4.56. The summed E-state index contributed by atoms with van der Waals surface area (Å²) >= 11 is 1.33. The van der Waals surface area contributed by atoms with Gasteiger partial charge in [-0.25, -0.2) is 4.39 Å². The second kappa shape index (κ2) is 7.03. The molecular formula is C17H17FN6O2S. The number of rotatable bonds is 5. The molecule has 1 aliphatic rings. The standard InChI is InChI=1S/C17H17FN6O2S/c1-2-4-12-21-23-17(27-12)19-16(26)9-7-13(25)24(8-9)15-14-10(18)5-3-6-11(14)20-22-15/h3,5-6,9H,2,4,7-8H2,1H3,(H,20,22)(H,19,23,26). The summed E-state index contributed by atoms with van der Waals surface area (Å²) in [6.45, 7) is 2.18. The molecule has 140 valence electrons. The molecule has 8 nitrogen and oxygen atoms in total. The Balaban J connectivity index is 1.50. The number of benzene rings is 1. The summed E-state index contributed by atoms with van der Waals surface area (Å²) < 4.78 is 14.2. The third kappa shape index (κ3) is 3.27. The van der Waals surface area contributed by atoms with E-state index in [0.717, 1.165) is 17.8 Å². The number of anilines is 2. The van der Waals surface area contributed by atoms with Crippen molar-refractivity contribution in [3.8, 4) is 0 Å². The molecule has 2 aromatic heterocycles. The van der Waals surface area contributed by atoms with Crippen LogP contribution in [0.2, 0.25) is 0 Å². The van der Waals surface area contributed by atoms with Gasteiger partial charge < -0.3 is 5.32 Å². The van der Waals surface area contributed by atoms with Crippen molar-refractivity contribution in [2.45, 2.75) is 26.2 Å². The molecule has 3 aromatic rings. The quantitative estimate of drug-likeness (QED) is 0.699. The fourth-order valence-electron chi connectivity index (χ4n) is 3.12. The average molecular weight is 388 g/mol. The van der Waals surface area contributed by atoms with E-state index >= 15 is 0 Å². The molecule has 1 unspecified atom stereocenters. The van der Waals surface area contributed by atoms with Crippen LogP contribution in [0.5, 0.6) is 0 Å². The second-order valence-electron chi connectivity index (χ2n) is 6.36. The highest BCUT2D eigenvalue weighted by Crippen LogP contribution is 2.31. The zero-order chi connectivity index (χ0) is 19.0. The highest BCUT2D eigenvalue weighted by atomic mass is 32.1. The van der Waals surface area contributed by atoms with Gasteiger partial charge in [-0.05, 0) is 18.6 Å². The SMILES string of the molecule is CCCc1nnc(NC(=O)C2CC(=O)N(c3n[nH]c4cccc(F)c34)C2)s1. The van der Waals surface area contributed by atoms with E-state index in [1.807, 2.05) is 6.92 Å². The number of aryl methyl sites for hydroxylation is 1. The van der Waals surface area contributed by atoms with Crippen LogP contribution < -0.4 is 10.2 Å². The number of fused-ring (bicyclic) bond motifs is 1. The molecule has 1 aliphatic heterocycles. The Hall–Kier alpha value is -2.88. The van der Waals surface area contributed by atoms with Gasteiger partial charge >= 0.3 is 0 Å². The van der Waals surface area contributed by atoms with Crippen LogP contribution in [-0.2, 0) is 16.0 Å². The number of hydrogen-bond donors (Lipinski definition) is 2. The fourth-order valence-corrected chi connectivity index (χ4v) is 3.97. The maximum Gasteiger partial charge on any atom is 0.231 e. The molecule has 3 heterocycles. The molecule has 1 fully saturated rings. The fraction of sp³-hybridized carbons (Fsp3) is 0.353. The van der Waals surface area contributed by atoms with Gasteiger partial charge in [-0.2, -0.15) is 5.10 Å². The summed E-state index contributed by atoms with van der Waals surface area (Å²) in [4.78, 5) is 26.3. The molecule has 27 heavy (non-hydrogen) atoms. The monoisotopic (exact) mass is 388 g/mol. The van der Waals surface area contributed by atoms with Gasteiger partial charge in [0, 0.05) is 19.4 Å². The highest BCUT2D eigenvalue weighted by Gasteiger charge is 2.37. The molecule has 4 rings (SSSR count). The summed E-state index contributed by atoms with van der Waals surface area (Å²) in [5, 5.41) is 19.0. The van der Waals surface area contributed by atoms with Crippen molar-refractivity contribution in [3.05, 3.63) is 29.0 Å². The average Bonchev–Trinajstić information content (AvgIpc) is 3.34. The van der Waals surface area contributed by atoms with Gasteiger partial charge in [0.05, 0.1) is 16.8 Å². The number of nitrogens with one attached hydrogen (secondary N) is 2. The lowest BCUT2D eigenvalue weighted by Gasteiger charge is -2.14. The van der Waals surface area contributed by atoms with Crippen molar-refractivity contribution < 1.29 is 14.0 Å². The van der Waals surface area contributed by atoms with E-state index in [-0.39, 0.29) is 36.0 Å². The lowest BCUT2D eigenvalue weighted by Crippen LogP contribution is -2.28. The first-order valence-electron chi connectivity index (χ1n) is 8.63. The number of amides is 2. The predicted octanol–water partition coefficient (Wildman–Crippen LogP) is 2.50. The number of hydrogen-bond acceptors (Lipinski definition) is 6. The molecule has 2 amide bonds. The minimum Gasteiger partial charge on any atom is -0.300 e. The van der Waals surface area contributed by atoms with Crippen LogP contribution in [0.25, 0.3) is 10.9 Å². The van der Waals surface area contributed by atoms with E-state index in [2.05, 4.69) is 25.7 Å². The van der Waals surface area contributed by atoms with E-state index in [9.17, 15) is 14.0 Å². The van der Waals surface area contributed by atoms with E-state index in [1.54, 1.807) is 12.1 Å². The number of aromatic nitrogens is 4. The van der Waals surface area contributed by atoms with E-state index in [0.29, 0.717) is 10.6 Å². The highest BCUT2D eigenvalue weighted by molar-refractivity contribution is 7.15. The van der Waals surface area contributed by atoms with Gasteiger partial charge in [0.2, 0.25) is 16.9 Å². The van der Waals surface area contributed by atoms with Crippen LogP contribution in [0, 0.1) is 11.7 Å². The first-order valence-corrected chi connectivity index (χ1v) is 9.44. The molecule has 0 bridgehead atoms. The molecule has 0 saturated carbocycles. The van der Waals surface area contributed by atoms with Crippen molar-refractivity contribution in [3.63, 3.8) is 0 Å². The van der Waals surface area contributed by atoms with E-state index < -0.39 is 11.7 Å². The lowest BCUT2D eigenvalue weighted by molar-refractivity contribution is -0.122.